The first-order chi connectivity index (χ1) is 8.93. The molecule has 0 saturated heterocycles. The van der Waals surface area contributed by atoms with Gasteiger partial charge in [0.2, 0.25) is 0 Å². The summed E-state index contributed by atoms with van der Waals surface area (Å²) in [5, 5.41) is -0.443. The highest BCUT2D eigenvalue weighted by Gasteiger charge is 2.68. The molecule has 1 aromatic rings. The van der Waals surface area contributed by atoms with Crippen LogP contribution >= 0.6 is 15.9 Å². The van der Waals surface area contributed by atoms with Gasteiger partial charge in [-0.05, 0) is 17.7 Å². The molecule has 1 saturated carbocycles. The summed E-state index contributed by atoms with van der Waals surface area (Å²) in [5.74, 6) is 0.0486. The van der Waals surface area contributed by atoms with E-state index in [-0.39, 0.29) is 11.7 Å². The van der Waals surface area contributed by atoms with E-state index in [0.29, 0.717) is 13.1 Å². The lowest BCUT2D eigenvalue weighted by molar-refractivity contribution is 0.510. The summed E-state index contributed by atoms with van der Waals surface area (Å²) in [5.41, 5.74) is 12.2. The van der Waals surface area contributed by atoms with E-state index in [9.17, 15) is 8.42 Å². The lowest BCUT2D eigenvalue weighted by atomic mass is 9.99. The summed E-state index contributed by atoms with van der Waals surface area (Å²) in [6, 6.07) is 7.72. The predicted molar refractivity (Wildman–Crippen MR) is 80.7 cm³/mol. The Morgan fingerprint density at radius 3 is 2.16 bits per heavy atom. The highest BCUT2D eigenvalue weighted by Crippen LogP contribution is 2.61. The van der Waals surface area contributed by atoms with Gasteiger partial charge in [0.15, 0.2) is 9.84 Å². The Morgan fingerprint density at radius 2 is 1.74 bits per heavy atom. The third kappa shape index (κ3) is 2.35. The first-order valence-corrected chi connectivity index (χ1v) is 8.81. The number of hydrogen-bond acceptors (Lipinski definition) is 4. The van der Waals surface area contributed by atoms with Crippen LogP contribution in [-0.2, 0) is 9.84 Å². The lowest BCUT2D eigenvalue weighted by Gasteiger charge is -2.12. The largest absolute Gasteiger partial charge is 0.330 e. The van der Waals surface area contributed by atoms with Gasteiger partial charge in [-0.15, -0.1) is 0 Å². The van der Waals surface area contributed by atoms with Gasteiger partial charge in [-0.2, -0.15) is 0 Å². The van der Waals surface area contributed by atoms with Crippen LogP contribution in [0.2, 0.25) is 0 Å². The Morgan fingerprint density at radius 1 is 1.21 bits per heavy atom. The molecule has 106 valence electrons. The van der Waals surface area contributed by atoms with Gasteiger partial charge in [0.25, 0.3) is 0 Å². The van der Waals surface area contributed by atoms with Gasteiger partial charge in [0, 0.05) is 34.6 Å². The van der Waals surface area contributed by atoms with E-state index in [1.165, 1.54) is 0 Å². The molecule has 2 atom stereocenters. The average Bonchev–Trinajstić information content (AvgIpc) is 3.10. The molecule has 4 N–H and O–H groups in total. The third-order valence-corrected chi connectivity index (χ3v) is 7.01. The first-order valence-electron chi connectivity index (χ1n) is 6.30. The van der Waals surface area contributed by atoms with Crippen LogP contribution in [0.5, 0.6) is 0 Å². The summed E-state index contributed by atoms with van der Waals surface area (Å²) in [6.07, 6.45) is 0. The van der Waals surface area contributed by atoms with Crippen LogP contribution in [0.1, 0.15) is 18.4 Å². The molecule has 1 aromatic carbocycles. The standard InChI is InChI=1S/C13H19BrN2O2S/c1-2-19(17,18)12-11(13(12,7-15)8-16)9-3-5-10(14)6-4-9/h3-6,11-12H,2,7-8,15-16H2,1H3/t11-,12+/m1/s1. The van der Waals surface area contributed by atoms with Crippen molar-refractivity contribution in [3.05, 3.63) is 34.3 Å². The van der Waals surface area contributed by atoms with Crippen molar-refractivity contribution in [3.8, 4) is 0 Å². The van der Waals surface area contributed by atoms with Crippen molar-refractivity contribution in [1.82, 2.24) is 0 Å². The summed E-state index contributed by atoms with van der Waals surface area (Å²) in [4.78, 5) is 0. The van der Waals surface area contributed by atoms with Crippen molar-refractivity contribution in [2.24, 2.45) is 16.9 Å². The minimum Gasteiger partial charge on any atom is -0.330 e. The fourth-order valence-electron chi connectivity index (χ4n) is 2.94. The maximum absolute atomic E-state index is 12.2. The zero-order valence-electron chi connectivity index (χ0n) is 10.8. The number of sulfone groups is 1. The predicted octanol–water partition coefficient (Wildman–Crippen LogP) is 1.25. The fraction of sp³-hybridized carbons (Fsp3) is 0.538. The Kier molecular flexibility index (Phi) is 4.07. The van der Waals surface area contributed by atoms with Crippen LogP contribution in [0.4, 0.5) is 0 Å². The molecule has 0 radical (unpaired) electrons. The van der Waals surface area contributed by atoms with Crippen LogP contribution in [-0.4, -0.2) is 32.5 Å². The zero-order chi connectivity index (χ0) is 14.3. The van der Waals surface area contributed by atoms with Crippen LogP contribution in [0.3, 0.4) is 0 Å². The number of benzene rings is 1. The molecule has 0 aromatic heterocycles. The first kappa shape index (κ1) is 15.0. The molecule has 1 aliphatic rings. The van der Waals surface area contributed by atoms with E-state index in [1.54, 1.807) is 6.92 Å². The molecule has 0 aliphatic heterocycles. The van der Waals surface area contributed by atoms with Gasteiger partial charge in [0.05, 0.1) is 5.25 Å². The number of hydrogen-bond donors (Lipinski definition) is 2. The van der Waals surface area contributed by atoms with Crippen molar-refractivity contribution in [2.75, 3.05) is 18.8 Å². The van der Waals surface area contributed by atoms with Crippen LogP contribution in [0.25, 0.3) is 0 Å². The van der Waals surface area contributed by atoms with Gasteiger partial charge < -0.3 is 11.5 Å². The second-order valence-corrected chi connectivity index (χ2v) is 8.37. The number of rotatable bonds is 5. The van der Waals surface area contributed by atoms with Gasteiger partial charge in [0.1, 0.15) is 0 Å². The summed E-state index contributed by atoms with van der Waals surface area (Å²) < 4.78 is 25.4. The zero-order valence-corrected chi connectivity index (χ0v) is 13.2. The molecule has 0 spiro atoms. The van der Waals surface area contributed by atoms with Crippen LogP contribution < -0.4 is 11.5 Å². The van der Waals surface area contributed by atoms with Crippen LogP contribution in [0.15, 0.2) is 28.7 Å². The Balaban J connectivity index is 2.42. The molecule has 0 bridgehead atoms. The van der Waals surface area contributed by atoms with E-state index < -0.39 is 20.5 Å². The molecular formula is C13H19BrN2O2S. The molecule has 0 heterocycles. The smallest absolute Gasteiger partial charge is 0.154 e. The molecule has 0 unspecified atom stereocenters. The minimum atomic E-state index is -3.14. The van der Waals surface area contributed by atoms with E-state index in [1.807, 2.05) is 24.3 Å². The second kappa shape index (κ2) is 5.16. The number of halogens is 1. The van der Waals surface area contributed by atoms with Crippen molar-refractivity contribution in [2.45, 2.75) is 18.1 Å². The van der Waals surface area contributed by atoms with E-state index in [0.717, 1.165) is 10.0 Å². The van der Waals surface area contributed by atoms with Crippen molar-refractivity contribution in [3.63, 3.8) is 0 Å². The summed E-state index contributed by atoms with van der Waals surface area (Å²) in [6.45, 7) is 2.27. The van der Waals surface area contributed by atoms with Crippen molar-refractivity contribution >= 4 is 25.8 Å². The maximum Gasteiger partial charge on any atom is 0.154 e. The van der Waals surface area contributed by atoms with Gasteiger partial charge >= 0.3 is 0 Å². The molecule has 4 nitrogen and oxygen atoms in total. The van der Waals surface area contributed by atoms with E-state index in [2.05, 4.69) is 15.9 Å². The Labute approximate surface area is 122 Å². The topological polar surface area (TPSA) is 86.2 Å². The van der Waals surface area contributed by atoms with Crippen molar-refractivity contribution in [1.29, 1.82) is 0 Å². The summed E-state index contributed by atoms with van der Waals surface area (Å²) >= 11 is 3.38. The van der Waals surface area contributed by atoms with Gasteiger partial charge in [-0.1, -0.05) is 35.0 Å². The Hall–Kier alpha value is -0.430. The highest BCUT2D eigenvalue weighted by atomic mass is 79.9. The molecule has 0 amide bonds. The van der Waals surface area contributed by atoms with E-state index >= 15 is 0 Å². The van der Waals surface area contributed by atoms with Gasteiger partial charge in [-0.25, -0.2) is 8.42 Å². The quantitative estimate of drug-likeness (QED) is 0.840. The molecular weight excluding hydrogens is 328 g/mol. The molecule has 1 aliphatic carbocycles. The molecule has 1 fully saturated rings. The van der Waals surface area contributed by atoms with E-state index in [4.69, 9.17) is 11.5 Å². The Bertz CT molecular complexity index is 553. The molecule has 6 heteroatoms. The minimum absolute atomic E-state index is 0.0828. The number of nitrogens with two attached hydrogens (primary N) is 2. The monoisotopic (exact) mass is 346 g/mol. The fourth-order valence-corrected chi connectivity index (χ4v) is 5.39. The van der Waals surface area contributed by atoms with Crippen molar-refractivity contribution < 1.29 is 8.42 Å². The second-order valence-electron chi connectivity index (χ2n) is 5.04. The highest BCUT2D eigenvalue weighted by molar-refractivity contribution is 9.10. The maximum atomic E-state index is 12.2. The van der Waals surface area contributed by atoms with Crippen LogP contribution in [0, 0.1) is 5.41 Å². The molecule has 2 rings (SSSR count). The average molecular weight is 347 g/mol. The SMILES string of the molecule is CCS(=O)(=O)[C@H]1[C@@H](c2ccc(Br)cc2)C1(CN)CN. The lowest BCUT2D eigenvalue weighted by Crippen LogP contribution is -2.31. The molecule has 19 heavy (non-hydrogen) atoms. The van der Waals surface area contributed by atoms with Gasteiger partial charge in [-0.3, -0.25) is 0 Å². The summed E-state index contributed by atoms with van der Waals surface area (Å²) in [7, 11) is -3.14. The third-order valence-electron chi connectivity index (χ3n) is 4.16. The normalized spacial score (nSPS) is 25.3.